The molecular formula is C10H19NO3S. The van der Waals surface area contributed by atoms with Crippen molar-refractivity contribution >= 4 is 17.7 Å². The minimum atomic E-state index is -0.454. The third-order valence-corrected chi connectivity index (χ3v) is 3.26. The van der Waals surface area contributed by atoms with Crippen molar-refractivity contribution < 1.29 is 14.6 Å². The van der Waals surface area contributed by atoms with Crippen molar-refractivity contribution in [3.8, 4) is 0 Å². The summed E-state index contributed by atoms with van der Waals surface area (Å²) in [6, 6.07) is 0. The minimum Gasteiger partial charge on any atom is -0.390 e. The SMILES string of the molecule is CCCC(=O)NCC1OC(SC)CC1O. The van der Waals surface area contributed by atoms with Crippen LogP contribution in [-0.4, -0.2) is 41.5 Å². The first-order chi connectivity index (χ1) is 7.17. The van der Waals surface area contributed by atoms with Crippen molar-refractivity contribution in [2.45, 2.75) is 43.8 Å². The molecule has 3 unspecified atom stereocenters. The molecule has 1 saturated heterocycles. The van der Waals surface area contributed by atoms with Gasteiger partial charge in [0.05, 0.1) is 6.10 Å². The van der Waals surface area contributed by atoms with Crippen LogP contribution in [0.15, 0.2) is 0 Å². The summed E-state index contributed by atoms with van der Waals surface area (Å²) in [6.45, 7) is 2.38. The van der Waals surface area contributed by atoms with E-state index in [1.165, 1.54) is 0 Å². The van der Waals surface area contributed by atoms with Crippen LogP contribution in [-0.2, 0) is 9.53 Å². The van der Waals surface area contributed by atoms with E-state index in [0.717, 1.165) is 6.42 Å². The van der Waals surface area contributed by atoms with E-state index in [4.69, 9.17) is 4.74 Å². The molecule has 0 bridgehead atoms. The molecule has 0 aromatic carbocycles. The molecule has 3 atom stereocenters. The molecular weight excluding hydrogens is 214 g/mol. The second-order valence-electron chi connectivity index (χ2n) is 3.70. The largest absolute Gasteiger partial charge is 0.390 e. The maximum Gasteiger partial charge on any atom is 0.220 e. The maximum absolute atomic E-state index is 11.2. The highest BCUT2D eigenvalue weighted by Crippen LogP contribution is 2.26. The first-order valence-electron chi connectivity index (χ1n) is 5.30. The van der Waals surface area contributed by atoms with E-state index in [1.807, 2.05) is 13.2 Å². The van der Waals surface area contributed by atoms with Crippen LogP contribution in [0.5, 0.6) is 0 Å². The van der Waals surface area contributed by atoms with Crippen LogP contribution < -0.4 is 5.32 Å². The van der Waals surface area contributed by atoms with E-state index in [0.29, 0.717) is 19.4 Å². The molecule has 1 fully saturated rings. The third-order valence-electron chi connectivity index (χ3n) is 2.43. The molecule has 1 rings (SSSR count). The van der Waals surface area contributed by atoms with Crippen molar-refractivity contribution in [2.24, 2.45) is 0 Å². The number of carbonyl (C=O) groups is 1. The summed E-state index contributed by atoms with van der Waals surface area (Å²) in [4.78, 5) is 11.2. The molecule has 4 nitrogen and oxygen atoms in total. The van der Waals surface area contributed by atoms with Gasteiger partial charge in [-0.2, -0.15) is 0 Å². The molecule has 1 heterocycles. The number of carbonyl (C=O) groups excluding carboxylic acids is 1. The summed E-state index contributed by atoms with van der Waals surface area (Å²) in [5, 5.41) is 12.4. The number of aliphatic hydroxyl groups is 1. The number of hydrogen-bond acceptors (Lipinski definition) is 4. The van der Waals surface area contributed by atoms with Crippen LogP contribution in [0.3, 0.4) is 0 Å². The molecule has 5 heteroatoms. The van der Waals surface area contributed by atoms with Gasteiger partial charge in [-0.3, -0.25) is 4.79 Å². The molecule has 1 aliphatic rings. The molecule has 0 spiro atoms. The van der Waals surface area contributed by atoms with Gasteiger partial charge in [0.15, 0.2) is 0 Å². The van der Waals surface area contributed by atoms with Crippen LogP contribution in [0, 0.1) is 0 Å². The number of hydrogen-bond donors (Lipinski definition) is 2. The lowest BCUT2D eigenvalue weighted by Gasteiger charge is -2.14. The van der Waals surface area contributed by atoms with Crippen molar-refractivity contribution in [1.29, 1.82) is 0 Å². The fourth-order valence-electron chi connectivity index (χ4n) is 1.56. The van der Waals surface area contributed by atoms with E-state index in [-0.39, 0.29) is 17.4 Å². The molecule has 88 valence electrons. The first kappa shape index (κ1) is 12.8. The highest BCUT2D eigenvalue weighted by molar-refractivity contribution is 7.99. The molecule has 0 saturated carbocycles. The predicted octanol–water partition coefficient (Wildman–Crippen LogP) is 0.742. The lowest BCUT2D eigenvalue weighted by molar-refractivity contribution is -0.121. The Morgan fingerprint density at radius 3 is 2.93 bits per heavy atom. The summed E-state index contributed by atoms with van der Waals surface area (Å²) in [5.41, 5.74) is 0.0630. The second-order valence-corrected chi connectivity index (χ2v) is 4.69. The van der Waals surface area contributed by atoms with Crippen LogP contribution in [0.2, 0.25) is 0 Å². The number of rotatable bonds is 5. The Morgan fingerprint density at radius 1 is 1.67 bits per heavy atom. The van der Waals surface area contributed by atoms with Crippen LogP contribution in [0.25, 0.3) is 0 Å². The van der Waals surface area contributed by atoms with E-state index in [1.54, 1.807) is 11.8 Å². The van der Waals surface area contributed by atoms with Crippen LogP contribution in [0.1, 0.15) is 26.2 Å². The summed E-state index contributed by atoms with van der Waals surface area (Å²) in [5.74, 6) is 0.0286. The van der Waals surface area contributed by atoms with Gasteiger partial charge >= 0.3 is 0 Å². The Morgan fingerprint density at radius 2 is 2.40 bits per heavy atom. The van der Waals surface area contributed by atoms with Gasteiger partial charge in [-0.25, -0.2) is 0 Å². The molecule has 0 aromatic heterocycles. The van der Waals surface area contributed by atoms with E-state index in [2.05, 4.69) is 5.32 Å². The van der Waals surface area contributed by atoms with Gasteiger partial charge in [-0.15, -0.1) is 11.8 Å². The Balaban J connectivity index is 2.24. The number of amides is 1. The highest BCUT2D eigenvalue weighted by atomic mass is 32.2. The molecule has 0 aliphatic carbocycles. The van der Waals surface area contributed by atoms with E-state index >= 15 is 0 Å². The lowest BCUT2D eigenvalue weighted by Crippen LogP contribution is -2.36. The number of nitrogens with one attached hydrogen (secondary N) is 1. The number of thioether (sulfide) groups is 1. The Hall–Kier alpha value is -0.260. The fourth-order valence-corrected chi connectivity index (χ4v) is 2.20. The smallest absolute Gasteiger partial charge is 0.220 e. The highest BCUT2D eigenvalue weighted by Gasteiger charge is 2.33. The molecule has 0 radical (unpaired) electrons. The second kappa shape index (κ2) is 6.35. The summed E-state index contributed by atoms with van der Waals surface area (Å²) in [7, 11) is 0. The monoisotopic (exact) mass is 233 g/mol. The van der Waals surface area contributed by atoms with Gasteiger partial charge in [0.1, 0.15) is 11.5 Å². The predicted molar refractivity (Wildman–Crippen MR) is 60.7 cm³/mol. The fraction of sp³-hybridized carbons (Fsp3) is 0.900. The quantitative estimate of drug-likeness (QED) is 0.735. The normalized spacial score (nSPS) is 30.5. The van der Waals surface area contributed by atoms with Gasteiger partial charge < -0.3 is 15.2 Å². The van der Waals surface area contributed by atoms with Crippen molar-refractivity contribution in [2.75, 3.05) is 12.8 Å². The summed E-state index contributed by atoms with van der Waals surface area (Å²) in [6.07, 6.45) is 3.28. The van der Waals surface area contributed by atoms with Gasteiger partial charge in [-0.05, 0) is 12.7 Å². The third kappa shape index (κ3) is 4.01. The molecule has 0 aromatic rings. The van der Waals surface area contributed by atoms with Gasteiger partial charge in [0.2, 0.25) is 5.91 Å². The average Bonchev–Trinajstić information content (AvgIpc) is 2.57. The van der Waals surface area contributed by atoms with E-state index in [9.17, 15) is 9.90 Å². The Labute approximate surface area is 94.8 Å². The number of aliphatic hydroxyl groups excluding tert-OH is 1. The number of ether oxygens (including phenoxy) is 1. The Kier molecular flexibility index (Phi) is 5.42. The topological polar surface area (TPSA) is 58.6 Å². The average molecular weight is 233 g/mol. The zero-order chi connectivity index (χ0) is 11.3. The van der Waals surface area contributed by atoms with Crippen LogP contribution >= 0.6 is 11.8 Å². The van der Waals surface area contributed by atoms with Gasteiger partial charge in [0.25, 0.3) is 0 Å². The van der Waals surface area contributed by atoms with Gasteiger partial charge in [-0.1, -0.05) is 6.92 Å². The lowest BCUT2D eigenvalue weighted by atomic mass is 10.2. The van der Waals surface area contributed by atoms with Crippen LogP contribution in [0.4, 0.5) is 0 Å². The Bertz CT molecular complexity index is 213. The standard InChI is InChI=1S/C10H19NO3S/c1-3-4-9(13)11-6-8-7(12)5-10(14-8)15-2/h7-8,10,12H,3-6H2,1-2H3,(H,11,13). The first-order valence-corrected chi connectivity index (χ1v) is 6.59. The minimum absolute atomic E-state index is 0.0286. The molecule has 1 amide bonds. The van der Waals surface area contributed by atoms with Gasteiger partial charge in [0, 0.05) is 19.4 Å². The van der Waals surface area contributed by atoms with E-state index < -0.39 is 6.10 Å². The van der Waals surface area contributed by atoms with Crippen molar-refractivity contribution in [3.05, 3.63) is 0 Å². The molecule has 2 N–H and O–H groups in total. The summed E-state index contributed by atoms with van der Waals surface area (Å²) < 4.78 is 5.55. The van der Waals surface area contributed by atoms with Crippen molar-refractivity contribution in [3.63, 3.8) is 0 Å². The zero-order valence-electron chi connectivity index (χ0n) is 9.23. The zero-order valence-corrected chi connectivity index (χ0v) is 10.0. The molecule has 1 aliphatic heterocycles. The van der Waals surface area contributed by atoms with Crippen molar-refractivity contribution in [1.82, 2.24) is 5.32 Å². The summed E-state index contributed by atoms with van der Waals surface area (Å²) >= 11 is 1.59. The maximum atomic E-state index is 11.2. The molecule has 15 heavy (non-hydrogen) atoms.